The van der Waals surface area contributed by atoms with Gasteiger partial charge in [-0.15, -0.1) is 0 Å². The van der Waals surface area contributed by atoms with Gasteiger partial charge in [0, 0.05) is 0 Å². The van der Waals surface area contributed by atoms with Crippen LogP contribution >= 0.6 is 0 Å². The summed E-state index contributed by atoms with van der Waals surface area (Å²) in [5.41, 5.74) is 0.894. The van der Waals surface area contributed by atoms with Crippen LogP contribution in [0.3, 0.4) is 0 Å². The summed E-state index contributed by atoms with van der Waals surface area (Å²) >= 11 is 0. The molecule has 9 heavy (non-hydrogen) atoms. The van der Waals surface area contributed by atoms with Gasteiger partial charge in [-0.2, -0.15) is 0 Å². The molecule has 0 aromatic carbocycles. The van der Waals surface area contributed by atoms with Gasteiger partial charge in [-0.05, 0) is 13.8 Å². The van der Waals surface area contributed by atoms with Crippen LogP contribution in [0.5, 0.6) is 0 Å². The van der Waals surface area contributed by atoms with Crippen molar-refractivity contribution < 1.29 is 9.94 Å². The Morgan fingerprint density at radius 3 is 2.67 bits per heavy atom. The summed E-state index contributed by atoms with van der Waals surface area (Å²) in [6.07, 6.45) is 0.0509. The van der Waals surface area contributed by atoms with Crippen molar-refractivity contribution in [1.29, 1.82) is 0 Å². The van der Waals surface area contributed by atoms with Gasteiger partial charge < -0.3 is 9.94 Å². The van der Waals surface area contributed by atoms with E-state index in [0.29, 0.717) is 0 Å². The van der Waals surface area contributed by atoms with Gasteiger partial charge in [0.15, 0.2) is 0 Å². The first kappa shape index (κ1) is 6.55. The number of aliphatic hydroxyl groups excluding tert-OH is 1. The zero-order valence-electron chi connectivity index (χ0n) is 5.66. The lowest BCUT2D eigenvalue weighted by molar-refractivity contribution is 0.0596. The lowest BCUT2D eigenvalue weighted by atomic mass is 10.0. The number of hydrogen-bond donors (Lipinski definition) is 1. The van der Waals surface area contributed by atoms with Crippen molar-refractivity contribution in [2.75, 3.05) is 6.61 Å². The topological polar surface area (TPSA) is 41.8 Å². The van der Waals surface area contributed by atoms with Crippen LogP contribution in [0.2, 0.25) is 0 Å². The second-order valence-corrected chi connectivity index (χ2v) is 2.33. The van der Waals surface area contributed by atoms with E-state index in [1.54, 1.807) is 0 Å². The Balaban J connectivity index is 2.57. The highest BCUT2D eigenvalue weighted by atomic mass is 16.6. The van der Waals surface area contributed by atoms with Crippen LogP contribution in [-0.4, -0.2) is 23.5 Å². The maximum atomic E-state index is 8.75. The number of rotatable bonds is 1. The van der Waals surface area contributed by atoms with Crippen LogP contribution in [0.25, 0.3) is 0 Å². The monoisotopic (exact) mass is 129 g/mol. The van der Waals surface area contributed by atoms with Gasteiger partial charge in [-0.1, -0.05) is 5.16 Å². The molecule has 1 aliphatic heterocycles. The van der Waals surface area contributed by atoms with E-state index in [9.17, 15) is 0 Å². The van der Waals surface area contributed by atoms with Gasteiger partial charge in [-0.3, -0.25) is 0 Å². The van der Waals surface area contributed by atoms with Gasteiger partial charge in [0.2, 0.25) is 0 Å². The van der Waals surface area contributed by atoms with E-state index in [1.807, 2.05) is 13.8 Å². The molecule has 0 saturated heterocycles. The molecule has 1 rings (SSSR count). The van der Waals surface area contributed by atoms with E-state index in [-0.39, 0.29) is 18.6 Å². The summed E-state index contributed by atoms with van der Waals surface area (Å²) in [5, 5.41) is 12.5. The van der Waals surface area contributed by atoms with Gasteiger partial charge in [0.1, 0.15) is 6.10 Å². The van der Waals surface area contributed by atoms with Crippen LogP contribution < -0.4 is 0 Å². The summed E-state index contributed by atoms with van der Waals surface area (Å²) < 4.78 is 0. The molecule has 1 aliphatic rings. The highest BCUT2D eigenvalue weighted by Crippen LogP contribution is 2.16. The Bertz CT molecular complexity index is 133. The molecule has 1 N–H and O–H groups in total. The highest BCUT2D eigenvalue weighted by molar-refractivity contribution is 5.85. The second-order valence-electron chi connectivity index (χ2n) is 2.33. The zero-order chi connectivity index (χ0) is 6.85. The average Bonchev–Trinajstić information content (AvgIpc) is 2.12. The number of aliphatic hydroxyl groups is 1. The average molecular weight is 129 g/mol. The fourth-order valence-electron chi connectivity index (χ4n) is 0.928. The van der Waals surface area contributed by atoms with Crippen LogP contribution in [-0.2, 0) is 4.84 Å². The van der Waals surface area contributed by atoms with Gasteiger partial charge >= 0.3 is 0 Å². The third-order valence-corrected chi connectivity index (χ3v) is 1.66. The van der Waals surface area contributed by atoms with E-state index in [4.69, 9.17) is 9.94 Å². The van der Waals surface area contributed by atoms with Crippen molar-refractivity contribution in [2.24, 2.45) is 11.1 Å². The Morgan fingerprint density at radius 2 is 2.44 bits per heavy atom. The summed E-state index contributed by atoms with van der Waals surface area (Å²) in [6, 6.07) is 0. The van der Waals surface area contributed by atoms with Crippen LogP contribution in [0.1, 0.15) is 13.8 Å². The third kappa shape index (κ3) is 1.05. The maximum absolute atomic E-state index is 8.75. The first-order valence-electron chi connectivity index (χ1n) is 3.07. The summed E-state index contributed by atoms with van der Waals surface area (Å²) in [4.78, 5) is 4.90. The molecular formula is C6H11NO2. The molecule has 0 radical (unpaired) electrons. The van der Waals surface area contributed by atoms with E-state index in [1.165, 1.54) is 0 Å². The van der Waals surface area contributed by atoms with Crippen LogP contribution in [0, 0.1) is 5.92 Å². The molecule has 0 aromatic rings. The Morgan fingerprint density at radius 1 is 1.78 bits per heavy atom. The smallest absolute Gasteiger partial charge is 0.135 e. The number of nitrogens with zero attached hydrogens (tertiary/aromatic N) is 1. The standard InChI is InChI=1S/C6H11NO2/c1-4-6(3-8)5(2)9-7-4/h5-6,8H,3H2,1-2H3/t5-,6+/m1/s1. The largest absolute Gasteiger partial charge is 0.396 e. The number of oxime groups is 1. The molecule has 0 aliphatic carbocycles. The molecular weight excluding hydrogens is 118 g/mol. The fraction of sp³-hybridized carbons (Fsp3) is 0.833. The first-order chi connectivity index (χ1) is 4.25. The quantitative estimate of drug-likeness (QED) is 0.556. The Labute approximate surface area is 54.3 Å². The molecule has 0 amide bonds. The van der Waals surface area contributed by atoms with Crippen molar-refractivity contribution in [2.45, 2.75) is 20.0 Å². The Kier molecular flexibility index (Phi) is 1.71. The predicted molar refractivity (Wildman–Crippen MR) is 34.2 cm³/mol. The van der Waals surface area contributed by atoms with Crippen molar-refractivity contribution in [3.05, 3.63) is 0 Å². The molecule has 2 atom stereocenters. The normalized spacial score (nSPS) is 33.9. The highest BCUT2D eigenvalue weighted by Gasteiger charge is 2.26. The molecule has 3 heteroatoms. The fourth-order valence-corrected chi connectivity index (χ4v) is 0.928. The van der Waals surface area contributed by atoms with E-state index < -0.39 is 0 Å². The lowest BCUT2D eigenvalue weighted by Gasteiger charge is -2.08. The molecule has 3 nitrogen and oxygen atoms in total. The minimum Gasteiger partial charge on any atom is -0.396 e. The number of hydrogen-bond acceptors (Lipinski definition) is 3. The van der Waals surface area contributed by atoms with Crippen LogP contribution in [0.15, 0.2) is 5.16 Å². The molecule has 0 unspecified atom stereocenters. The maximum Gasteiger partial charge on any atom is 0.135 e. The molecule has 0 fully saturated rings. The molecule has 0 bridgehead atoms. The summed E-state index contributed by atoms with van der Waals surface area (Å²) in [5.74, 6) is 0.116. The predicted octanol–water partition coefficient (Wildman–Crippen LogP) is 0.390. The SMILES string of the molecule is CC1=NO[C@H](C)[C@H]1CO. The second kappa shape index (κ2) is 2.35. The lowest BCUT2D eigenvalue weighted by Crippen LogP contribution is -2.22. The minimum atomic E-state index is 0.0509. The van der Waals surface area contributed by atoms with Crippen molar-refractivity contribution in [1.82, 2.24) is 0 Å². The van der Waals surface area contributed by atoms with E-state index >= 15 is 0 Å². The molecule has 0 spiro atoms. The van der Waals surface area contributed by atoms with E-state index in [0.717, 1.165) is 5.71 Å². The van der Waals surface area contributed by atoms with Gasteiger partial charge in [0.05, 0.1) is 18.2 Å². The van der Waals surface area contributed by atoms with Crippen molar-refractivity contribution in [3.8, 4) is 0 Å². The Hall–Kier alpha value is -0.570. The molecule has 0 saturated carbocycles. The summed E-state index contributed by atoms with van der Waals surface area (Å²) in [6.45, 7) is 3.90. The molecule has 1 heterocycles. The van der Waals surface area contributed by atoms with Crippen LogP contribution in [0.4, 0.5) is 0 Å². The first-order valence-corrected chi connectivity index (χ1v) is 3.07. The summed E-state index contributed by atoms with van der Waals surface area (Å²) in [7, 11) is 0. The van der Waals surface area contributed by atoms with Gasteiger partial charge in [0.25, 0.3) is 0 Å². The van der Waals surface area contributed by atoms with Crippen molar-refractivity contribution >= 4 is 5.71 Å². The van der Waals surface area contributed by atoms with Crippen molar-refractivity contribution in [3.63, 3.8) is 0 Å². The van der Waals surface area contributed by atoms with E-state index in [2.05, 4.69) is 5.16 Å². The zero-order valence-corrected chi connectivity index (χ0v) is 5.66. The molecule has 52 valence electrons. The molecule has 0 aromatic heterocycles. The minimum absolute atomic E-state index is 0.0509. The van der Waals surface area contributed by atoms with Gasteiger partial charge in [-0.25, -0.2) is 0 Å². The third-order valence-electron chi connectivity index (χ3n) is 1.66.